The van der Waals surface area contributed by atoms with Crippen molar-refractivity contribution in [2.75, 3.05) is 11.9 Å². The third kappa shape index (κ3) is 5.66. The zero-order valence-corrected chi connectivity index (χ0v) is 20.9. The second-order valence-corrected chi connectivity index (χ2v) is 9.51. The highest BCUT2D eigenvalue weighted by atomic mass is 19.1. The molecule has 0 aliphatic carbocycles. The van der Waals surface area contributed by atoms with Crippen LogP contribution in [0.5, 0.6) is 0 Å². The summed E-state index contributed by atoms with van der Waals surface area (Å²) in [5.74, 6) is -1.77. The Bertz CT molecular complexity index is 1420. The third-order valence-electron chi connectivity index (χ3n) is 5.91. The highest BCUT2D eigenvalue weighted by Gasteiger charge is 2.45. The predicted molar refractivity (Wildman–Crippen MR) is 122 cm³/mol. The lowest BCUT2D eigenvalue weighted by molar-refractivity contribution is -0.149. The van der Waals surface area contributed by atoms with Crippen LogP contribution in [0.25, 0.3) is 11.2 Å². The monoisotopic (exact) mass is 539 g/mol. The minimum Gasteiger partial charge on any atom is -0.457 e. The average Bonchev–Trinajstić information content (AvgIpc) is 3.46. The maximum absolute atomic E-state index is 14.3. The molecule has 3 atom stereocenters. The first-order chi connectivity index (χ1) is 17.8. The van der Waals surface area contributed by atoms with E-state index in [-0.39, 0.29) is 48.0 Å². The zero-order valence-electron chi connectivity index (χ0n) is 20.9. The topological polar surface area (TPSA) is 201 Å². The molecule has 4 heterocycles. The van der Waals surface area contributed by atoms with E-state index in [1.165, 1.54) is 38.6 Å². The van der Waals surface area contributed by atoms with E-state index in [0.717, 1.165) is 0 Å². The zero-order chi connectivity index (χ0) is 27.8. The number of carbonyl (C=O) groups is 2. The van der Waals surface area contributed by atoms with Gasteiger partial charge in [0, 0.05) is 6.42 Å². The fourth-order valence-electron chi connectivity index (χ4n) is 3.84. The van der Waals surface area contributed by atoms with E-state index in [1.807, 2.05) is 0 Å². The normalized spacial score (nSPS) is 21.6. The van der Waals surface area contributed by atoms with Crippen molar-refractivity contribution >= 4 is 29.0 Å². The average molecular weight is 539 g/mol. The molecule has 0 bridgehead atoms. The van der Waals surface area contributed by atoms with Crippen molar-refractivity contribution in [3.63, 3.8) is 0 Å². The number of rotatable bonds is 8. The molecule has 3 aromatic heterocycles. The summed E-state index contributed by atoms with van der Waals surface area (Å²) < 4.78 is 41.1. The summed E-state index contributed by atoms with van der Waals surface area (Å²) in [4.78, 5) is 47.3. The number of ether oxygens (including phenoxy) is 3. The van der Waals surface area contributed by atoms with Crippen LogP contribution < -0.4 is 11.1 Å². The number of imidazole rings is 1. The first kappa shape index (κ1) is 27.2. The number of hydrogen-bond acceptors (Lipinski definition) is 13. The van der Waals surface area contributed by atoms with E-state index >= 15 is 0 Å². The summed E-state index contributed by atoms with van der Waals surface area (Å²) in [5.41, 5.74) is -2.61. The van der Waals surface area contributed by atoms with Gasteiger partial charge in [-0.25, -0.2) is 14.6 Å². The van der Waals surface area contributed by atoms with Crippen LogP contribution in [-0.4, -0.2) is 65.7 Å². The van der Waals surface area contributed by atoms with Crippen LogP contribution in [0.1, 0.15) is 51.4 Å². The highest BCUT2D eigenvalue weighted by molar-refractivity contribution is 5.93. The Hall–Kier alpha value is -3.89. The SMILES string of the molecule is Cc1oc(=O)oc1COC(=O)CC(C)(C)OC(=O)Nc1nc(F)nc2c1ncn2[C@H]1C[C@H](O)[C@@](C)(CO)O1. The van der Waals surface area contributed by atoms with Gasteiger partial charge < -0.3 is 33.3 Å². The van der Waals surface area contributed by atoms with Crippen LogP contribution in [0.4, 0.5) is 15.0 Å². The lowest BCUT2D eigenvalue weighted by Gasteiger charge is -2.25. The number of aliphatic hydroxyl groups is 2. The van der Waals surface area contributed by atoms with Crippen LogP contribution >= 0.6 is 0 Å². The maximum atomic E-state index is 14.3. The Balaban J connectivity index is 1.42. The van der Waals surface area contributed by atoms with Gasteiger partial charge >= 0.3 is 24.0 Å². The van der Waals surface area contributed by atoms with Gasteiger partial charge in [0.05, 0.1) is 25.5 Å². The molecule has 3 aromatic rings. The van der Waals surface area contributed by atoms with Gasteiger partial charge in [-0.05, 0) is 27.7 Å². The summed E-state index contributed by atoms with van der Waals surface area (Å²) in [6.07, 6.45) is -3.06. The molecule has 0 unspecified atom stereocenters. The number of fused-ring (bicyclic) bond motifs is 1. The first-order valence-corrected chi connectivity index (χ1v) is 11.4. The van der Waals surface area contributed by atoms with E-state index in [2.05, 4.69) is 24.7 Å². The van der Waals surface area contributed by atoms with Gasteiger partial charge in [0.15, 0.2) is 35.1 Å². The number of amides is 1. The number of aromatic nitrogens is 4. The summed E-state index contributed by atoms with van der Waals surface area (Å²) in [6.45, 7) is 5.10. The van der Waals surface area contributed by atoms with Crippen LogP contribution in [0, 0.1) is 13.0 Å². The number of nitrogens with zero attached hydrogens (tertiary/aromatic N) is 4. The van der Waals surface area contributed by atoms with Crippen molar-refractivity contribution in [1.29, 1.82) is 0 Å². The minimum absolute atomic E-state index is 0.00762. The van der Waals surface area contributed by atoms with Gasteiger partial charge in [0.25, 0.3) is 0 Å². The molecule has 0 radical (unpaired) electrons. The van der Waals surface area contributed by atoms with Crippen molar-refractivity contribution in [2.24, 2.45) is 0 Å². The Morgan fingerprint density at radius 3 is 2.71 bits per heavy atom. The second-order valence-electron chi connectivity index (χ2n) is 9.51. The molecule has 1 saturated heterocycles. The van der Waals surface area contributed by atoms with Crippen LogP contribution in [-0.2, 0) is 25.6 Å². The van der Waals surface area contributed by atoms with E-state index in [4.69, 9.17) is 18.6 Å². The molecule has 0 aromatic carbocycles. The van der Waals surface area contributed by atoms with Gasteiger partial charge in [-0.1, -0.05) is 0 Å². The Morgan fingerprint density at radius 2 is 2.08 bits per heavy atom. The molecule has 38 heavy (non-hydrogen) atoms. The van der Waals surface area contributed by atoms with Crippen molar-refractivity contribution in [3.8, 4) is 0 Å². The van der Waals surface area contributed by atoms with Crippen LogP contribution in [0.15, 0.2) is 20.0 Å². The van der Waals surface area contributed by atoms with E-state index in [0.29, 0.717) is 0 Å². The van der Waals surface area contributed by atoms with Crippen molar-refractivity contribution in [3.05, 3.63) is 34.5 Å². The molecule has 16 heteroatoms. The van der Waals surface area contributed by atoms with Crippen molar-refractivity contribution in [2.45, 2.75) is 70.7 Å². The lowest BCUT2D eigenvalue weighted by Crippen LogP contribution is -2.39. The number of aryl methyl sites for hydroxylation is 1. The molecule has 1 fully saturated rings. The number of anilines is 1. The molecule has 0 saturated carbocycles. The quantitative estimate of drug-likeness (QED) is 0.273. The minimum atomic E-state index is -1.36. The van der Waals surface area contributed by atoms with Gasteiger partial charge in [-0.3, -0.25) is 14.7 Å². The number of halogens is 1. The molecule has 1 aliphatic rings. The molecule has 206 valence electrons. The summed E-state index contributed by atoms with van der Waals surface area (Å²) in [7, 11) is 0. The van der Waals surface area contributed by atoms with E-state index in [1.54, 1.807) is 0 Å². The van der Waals surface area contributed by atoms with Crippen LogP contribution in [0.3, 0.4) is 0 Å². The number of esters is 1. The highest BCUT2D eigenvalue weighted by Crippen LogP contribution is 2.38. The van der Waals surface area contributed by atoms with Gasteiger partial charge in [0.1, 0.15) is 17.4 Å². The van der Waals surface area contributed by atoms with Crippen molar-refractivity contribution < 1.29 is 47.2 Å². The summed E-state index contributed by atoms with van der Waals surface area (Å²) in [5, 5.41) is 22.1. The van der Waals surface area contributed by atoms with E-state index in [9.17, 15) is 29.0 Å². The fraction of sp³-hybridized carbons (Fsp3) is 0.545. The number of hydrogen-bond donors (Lipinski definition) is 3. The largest absolute Gasteiger partial charge is 0.519 e. The molecular formula is C22H26FN5O10. The van der Waals surface area contributed by atoms with E-state index < -0.39 is 54.1 Å². The predicted octanol–water partition coefficient (Wildman–Crippen LogP) is 1.31. The van der Waals surface area contributed by atoms with Gasteiger partial charge in [-0.2, -0.15) is 14.4 Å². The second kappa shape index (κ2) is 10.1. The van der Waals surface area contributed by atoms with Crippen molar-refractivity contribution in [1.82, 2.24) is 19.5 Å². The third-order valence-corrected chi connectivity index (χ3v) is 5.91. The van der Waals surface area contributed by atoms with Crippen LogP contribution in [0.2, 0.25) is 0 Å². The van der Waals surface area contributed by atoms with Gasteiger partial charge in [0.2, 0.25) is 0 Å². The molecule has 4 rings (SSSR count). The number of nitrogens with one attached hydrogen (secondary N) is 1. The fourth-order valence-corrected chi connectivity index (χ4v) is 3.84. The Kier molecular flexibility index (Phi) is 7.22. The first-order valence-electron chi connectivity index (χ1n) is 11.4. The molecule has 15 nitrogen and oxygen atoms in total. The Morgan fingerprint density at radius 1 is 1.34 bits per heavy atom. The standard InChI is InChI=1S/C22H26FN5O10/c1-10-11(36-20(33)35-10)7-34-14(31)6-21(2,3)38-19(32)26-16-15-17(27-18(23)25-16)28(9-24-15)13-5-12(30)22(4,8-29)37-13/h9,12-13,29-30H,5-8H2,1-4H3,(H,25,26,27,32)/t12-,13+,22+/m0/s1. The number of aliphatic hydroxyl groups excluding tert-OH is 2. The molecule has 0 spiro atoms. The molecule has 3 N–H and O–H groups in total. The lowest BCUT2D eigenvalue weighted by atomic mass is 10.0. The molecule has 1 amide bonds. The molecule has 1 aliphatic heterocycles. The summed E-state index contributed by atoms with van der Waals surface area (Å²) >= 11 is 0. The van der Waals surface area contributed by atoms with Gasteiger partial charge in [-0.15, -0.1) is 0 Å². The number of carbonyl (C=O) groups excluding carboxylic acids is 2. The molecular weight excluding hydrogens is 513 g/mol. The summed E-state index contributed by atoms with van der Waals surface area (Å²) in [6, 6.07) is 0. The smallest absolute Gasteiger partial charge is 0.457 e. The maximum Gasteiger partial charge on any atom is 0.519 e. The Labute approximate surface area is 213 Å².